The van der Waals surface area contributed by atoms with E-state index < -0.39 is 23.4 Å². The molecular weight excluding hydrogens is 544 g/mol. The fourth-order valence-corrected chi connectivity index (χ4v) is 6.87. The minimum Gasteiger partial charge on any atom is -0.468 e. The van der Waals surface area contributed by atoms with Crippen LogP contribution >= 0.6 is 0 Å². The largest absolute Gasteiger partial charge is 0.468 e. The maximum atomic E-state index is 14.4. The first kappa shape index (κ1) is 29.2. The fraction of sp³-hybridized carbons (Fsp3) is 0.457. The molecule has 226 valence electrons. The van der Waals surface area contributed by atoms with Crippen molar-refractivity contribution in [1.82, 2.24) is 10.2 Å². The molecule has 3 aromatic rings. The molecule has 0 bridgehead atoms. The number of amides is 2. The molecular formula is C35H40N2O6. The first-order valence-electron chi connectivity index (χ1n) is 15.3. The number of carbonyl (C=O) groups excluding carboxylic acids is 3. The van der Waals surface area contributed by atoms with Crippen LogP contribution < -0.4 is 5.32 Å². The number of likely N-dealkylation sites (tertiary alicyclic amines) is 1. The predicted molar refractivity (Wildman–Crippen MR) is 161 cm³/mol. The Morgan fingerprint density at radius 2 is 1.86 bits per heavy atom. The van der Waals surface area contributed by atoms with Gasteiger partial charge in [-0.3, -0.25) is 14.4 Å². The van der Waals surface area contributed by atoms with E-state index in [4.69, 9.17) is 13.9 Å². The molecule has 0 spiro atoms. The quantitative estimate of drug-likeness (QED) is 0.326. The van der Waals surface area contributed by atoms with Crippen LogP contribution in [0.3, 0.4) is 0 Å². The third kappa shape index (κ3) is 5.49. The van der Waals surface area contributed by atoms with E-state index in [1.54, 1.807) is 4.90 Å². The molecule has 1 aromatic heterocycles. The summed E-state index contributed by atoms with van der Waals surface area (Å²) in [6, 6.07) is 17.8. The van der Waals surface area contributed by atoms with E-state index in [-0.39, 0.29) is 55.7 Å². The molecule has 2 aliphatic heterocycles. The van der Waals surface area contributed by atoms with Crippen molar-refractivity contribution in [3.8, 4) is 0 Å². The summed E-state index contributed by atoms with van der Waals surface area (Å²) in [6.07, 6.45) is 3.29. The molecule has 8 nitrogen and oxygen atoms in total. The number of hydrogen-bond acceptors (Lipinski definition) is 6. The highest BCUT2D eigenvalue weighted by Crippen LogP contribution is 2.56. The van der Waals surface area contributed by atoms with Crippen LogP contribution in [0.4, 0.5) is 0 Å². The van der Waals surface area contributed by atoms with Gasteiger partial charge in [-0.05, 0) is 72.6 Å². The summed E-state index contributed by atoms with van der Waals surface area (Å²) in [6.45, 7) is 6.52. The average molecular weight is 585 g/mol. The van der Waals surface area contributed by atoms with Gasteiger partial charge in [0, 0.05) is 18.0 Å². The van der Waals surface area contributed by atoms with Crippen molar-refractivity contribution < 1.29 is 28.3 Å². The number of carbonyl (C=O) groups is 3. The highest BCUT2D eigenvalue weighted by molar-refractivity contribution is 5.93. The van der Waals surface area contributed by atoms with Gasteiger partial charge < -0.3 is 24.1 Å². The summed E-state index contributed by atoms with van der Waals surface area (Å²) >= 11 is 0. The molecule has 2 amide bonds. The van der Waals surface area contributed by atoms with Crippen molar-refractivity contribution in [2.75, 3.05) is 7.11 Å². The average Bonchev–Trinajstić information content (AvgIpc) is 3.77. The summed E-state index contributed by atoms with van der Waals surface area (Å²) in [4.78, 5) is 43.5. The maximum Gasteiger partial charge on any atom is 0.320 e. The van der Waals surface area contributed by atoms with Crippen LogP contribution in [0.2, 0.25) is 0 Å². The Hall–Kier alpha value is -3.91. The molecule has 0 radical (unpaired) electrons. The van der Waals surface area contributed by atoms with Gasteiger partial charge in [-0.2, -0.15) is 0 Å². The first-order chi connectivity index (χ1) is 20.7. The number of benzene rings is 2. The Morgan fingerprint density at radius 1 is 1.09 bits per heavy atom. The van der Waals surface area contributed by atoms with Crippen molar-refractivity contribution in [2.24, 2.45) is 23.2 Å². The maximum absolute atomic E-state index is 14.4. The van der Waals surface area contributed by atoms with Crippen LogP contribution in [0.15, 0.2) is 70.8 Å². The second-order valence-electron chi connectivity index (χ2n) is 12.6. The van der Waals surface area contributed by atoms with Gasteiger partial charge in [0.15, 0.2) is 0 Å². The predicted octanol–water partition coefficient (Wildman–Crippen LogP) is 5.67. The number of fused-ring (bicyclic) bond motifs is 2. The minimum absolute atomic E-state index is 0.0540. The van der Waals surface area contributed by atoms with E-state index >= 15 is 0 Å². The van der Waals surface area contributed by atoms with Gasteiger partial charge in [0.25, 0.3) is 0 Å². The van der Waals surface area contributed by atoms with E-state index in [9.17, 15) is 14.4 Å². The SMILES string of the molecule is COC(=O)[C@]12C[C@H](CC(=O)NCc3ccc(C)o3)C(=O)N(Cc3cccc4ccccc34)C1=C[C@H](C(C)C)O[C@@H]2C1CC1. The lowest BCUT2D eigenvalue weighted by atomic mass is 9.64. The van der Waals surface area contributed by atoms with E-state index in [1.165, 1.54) is 7.11 Å². The van der Waals surface area contributed by atoms with Gasteiger partial charge in [-0.15, -0.1) is 0 Å². The van der Waals surface area contributed by atoms with Crippen LogP contribution in [-0.2, 0) is 36.9 Å². The van der Waals surface area contributed by atoms with E-state index in [1.807, 2.05) is 49.4 Å². The Balaban J connectivity index is 1.41. The monoisotopic (exact) mass is 584 g/mol. The fourth-order valence-electron chi connectivity index (χ4n) is 6.87. The van der Waals surface area contributed by atoms with Crippen LogP contribution in [0.5, 0.6) is 0 Å². The number of piperidine rings is 1. The van der Waals surface area contributed by atoms with Crippen molar-refractivity contribution in [3.63, 3.8) is 0 Å². The van der Waals surface area contributed by atoms with Crippen LogP contribution in [0.25, 0.3) is 10.8 Å². The molecule has 3 heterocycles. The Labute approximate surface area is 252 Å². The molecule has 3 aliphatic rings. The Kier molecular flexibility index (Phi) is 7.90. The summed E-state index contributed by atoms with van der Waals surface area (Å²) in [7, 11) is 1.39. The van der Waals surface area contributed by atoms with Gasteiger partial charge in [-0.25, -0.2) is 0 Å². The number of furan rings is 1. The highest BCUT2D eigenvalue weighted by atomic mass is 16.5. The second-order valence-corrected chi connectivity index (χ2v) is 12.6. The summed E-state index contributed by atoms with van der Waals surface area (Å²) < 4.78 is 17.8. The lowest BCUT2D eigenvalue weighted by Gasteiger charge is -2.53. The highest BCUT2D eigenvalue weighted by Gasteiger charge is 2.63. The smallest absolute Gasteiger partial charge is 0.320 e. The number of ether oxygens (including phenoxy) is 2. The van der Waals surface area contributed by atoms with E-state index in [0.717, 1.165) is 34.9 Å². The van der Waals surface area contributed by atoms with Crippen LogP contribution in [0, 0.1) is 30.1 Å². The Bertz CT molecular complexity index is 1560. The molecule has 4 atom stereocenters. The molecule has 43 heavy (non-hydrogen) atoms. The molecule has 6 rings (SSSR count). The van der Waals surface area contributed by atoms with Gasteiger partial charge in [-0.1, -0.05) is 56.3 Å². The summed E-state index contributed by atoms with van der Waals surface area (Å²) in [5.74, 6) is 0.157. The first-order valence-corrected chi connectivity index (χ1v) is 15.3. The van der Waals surface area contributed by atoms with Crippen molar-refractivity contribution in [2.45, 2.75) is 71.8 Å². The second kappa shape index (κ2) is 11.6. The lowest BCUT2D eigenvalue weighted by molar-refractivity contribution is -0.182. The number of nitrogens with one attached hydrogen (secondary N) is 1. The molecule has 1 saturated carbocycles. The zero-order chi connectivity index (χ0) is 30.3. The summed E-state index contributed by atoms with van der Waals surface area (Å²) in [5, 5.41) is 5.02. The van der Waals surface area contributed by atoms with Crippen LogP contribution in [0.1, 0.15) is 56.6 Å². The number of aryl methyl sites for hydroxylation is 1. The van der Waals surface area contributed by atoms with E-state index in [2.05, 4.69) is 37.4 Å². The third-order valence-corrected chi connectivity index (χ3v) is 9.20. The zero-order valence-corrected chi connectivity index (χ0v) is 25.3. The standard InChI is InChI=1S/C35H40N2O6/c1-21(2)29-17-30-35(34(40)41-4,32(43-29)24-13-14-24)18-26(16-31(38)36-19-27-15-12-22(3)42-27)33(39)37(30)20-25-10-7-9-23-8-5-6-11-28(23)25/h5-12,15,17,21,24,26,29,32H,13-14,16,18-20H2,1-4H3,(H,36,38)/t26-,29+,32+,35+/m0/s1. The Morgan fingerprint density at radius 3 is 2.56 bits per heavy atom. The molecule has 8 heteroatoms. The van der Waals surface area contributed by atoms with Crippen molar-refractivity contribution in [3.05, 3.63) is 83.5 Å². The van der Waals surface area contributed by atoms with Gasteiger partial charge in [0.2, 0.25) is 11.8 Å². The van der Waals surface area contributed by atoms with Gasteiger partial charge in [0.05, 0.1) is 32.4 Å². The van der Waals surface area contributed by atoms with Crippen molar-refractivity contribution >= 4 is 28.6 Å². The lowest BCUT2D eigenvalue weighted by Crippen LogP contribution is -2.61. The molecule has 1 saturated heterocycles. The molecule has 1 aliphatic carbocycles. The number of rotatable bonds is 9. The number of esters is 1. The van der Waals surface area contributed by atoms with Crippen molar-refractivity contribution in [1.29, 1.82) is 0 Å². The number of nitrogens with zero attached hydrogens (tertiary/aromatic N) is 1. The number of methoxy groups -OCH3 is 1. The molecule has 2 aromatic carbocycles. The molecule has 2 fully saturated rings. The normalized spacial score (nSPS) is 25.4. The zero-order valence-electron chi connectivity index (χ0n) is 25.3. The van der Waals surface area contributed by atoms with Gasteiger partial charge >= 0.3 is 5.97 Å². The topological polar surface area (TPSA) is 98.1 Å². The number of hydrogen-bond donors (Lipinski definition) is 1. The van der Waals surface area contributed by atoms with Gasteiger partial charge in [0.1, 0.15) is 16.9 Å². The van der Waals surface area contributed by atoms with Crippen LogP contribution in [-0.4, -0.2) is 42.0 Å². The van der Waals surface area contributed by atoms with E-state index in [0.29, 0.717) is 11.5 Å². The summed E-state index contributed by atoms with van der Waals surface area (Å²) in [5.41, 5.74) is 0.435. The minimum atomic E-state index is -1.19. The third-order valence-electron chi connectivity index (χ3n) is 9.20. The molecule has 0 unspecified atom stereocenters. The molecule has 1 N–H and O–H groups in total.